The summed E-state index contributed by atoms with van der Waals surface area (Å²) in [6.07, 6.45) is 1.83. The van der Waals surface area contributed by atoms with Crippen LogP contribution in [0.5, 0.6) is 0 Å². The molecule has 1 aromatic carbocycles. The molecule has 2 N–H and O–H groups in total. The summed E-state index contributed by atoms with van der Waals surface area (Å²) in [6, 6.07) is 8.21. The van der Waals surface area contributed by atoms with Gasteiger partial charge in [-0.15, -0.1) is 0 Å². The third kappa shape index (κ3) is 4.83. The smallest absolute Gasteiger partial charge is 0.320 e. The van der Waals surface area contributed by atoms with Crippen molar-refractivity contribution in [3.63, 3.8) is 0 Å². The van der Waals surface area contributed by atoms with E-state index in [-0.39, 0.29) is 0 Å². The largest absolute Gasteiger partial charge is 0.480 e. The Labute approximate surface area is 127 Å². The van der Waals surface area contributed by atoms with E-state index in [2.05, 4.69) is 41.4 Å². The molecule has 116 valence electrons. The second-order valence-corrected chi connectivity index (χ2v) is 6.06. The van der Waals surface area contributed by atoms with E-state index >= 15 is 0 Å². The molecule has 2 unspecified atom stereocenters. The van der Waals surface area contributed by atoms with Crippen molar-refractivity contribution in [1.82, 2.24) is 10.2 Å². The number of rotatable bonds is 7. The fourth-order valence-electron chi connectivity index (χ4n) is 3.17. The zero-order valence-electron chi connectivity index (χ0n) is 13.0. The van der Waals surface area contributed by atoms with Crippen LogP contribution in [0.4, 0.5) is 0 Å². The maximum absolute atomic E-state index is 11.2. The van der Waals surface area contributed by atoms with E-state index < -0.39 is 12.0 Å². The molecule has 1 heterocycles. The van der Waals surface area contributed by atoms with Crippen molar-refractivity contribution in [2.24, 2.45) is 5.92 Å². The number of likely N-dealkylation sites (tertiary alicyclic amines) is 1. The molecule has 1 aliphatic heterocycles. The summed E-state index contributed by atoms with van der Waals surface area (Å²) in [6.45, 7) is 7.81. The molecular weight excluding hydrogens is 264 g/mol. The van der Waals surface area contributed by atoms with Gasteiger partial charge in [-0.25, -0.2) is 0 Å². The van der Waals surface area contributed by atoms with Crippen molar-refractivity contribution in [2.45, 2.75) is 39.3 Å². The van der Waals surface area contributed by atoms with Gasteiger partial charge < -0.3 is 10.4 Å². The van der Waals surface area contributed by atoms with E-state index in [0.29, 0.717) is 12.5 Å². The minimum atomic E-state index is -0.728. The van der Waals surface area contributed by atoms with Crippen LogP contribution < -0.4 is 5.32 Å². The van der Waals surface area contributed by atoms with Gasteiger partial charge in [0.1, 0.15) is 6.04 Å². The fraction of sp³-hybridized carbons (Fsp3) is 0.588. The Bertz CT molecular complexity index is 476. The molecule has 1 saturated heterocycles. The quantitative estimate of drug-likeness (QED) is 0.809. The number of benzene rings is 1. The number of aryl methyl sites for hydroxylation is 1. The lowest BCUT2D eigenvalue weighted by atomic mass is 9.99. The van der Waals surface area contributed by atoms with Gasteiger partial charge in [-0.1, -0.05) is 36.8 Å². The Balaban J connectivity index is 1.84. The fourth-order valence-corrected chi connectivity index (χ4v) is 3.17. The summed E-state index contributed by atoms with van der Waals surface area (Å²) >= 11 is 0. The monoisotopic (exact) mass is 290 g/mol. The molecule has 0 saturated carbocycles. The first-order valence-electron chi connectivity index (χ1n) is 7.82. The van der Waals surface area contributed by atoms with Crippen LogP contribution in [0.15, 0.2) is 24.3 Å². The Kier molecular flexibility index (Phi) is 5.76. The van der Waals surface area contributed by atoms with Crippen LogP contribution in [-0.4, -0.2) is 41.7 Å². The van der Waals surface area contributed by atoms with E-state index in [1.54, 1.807) is 0 Å². The molecular formula is C17H26N2O2. The Morgan fingerprint density at radius 2 is 2.33 bits per heavy atom. The summed E-state index contributed by atoms with van der Waals surface area (Å²) in [4.78, 5) is 13.6. The third-order valence-corrected chi connectivity index (χ3v) is 4.18. The van der Waals surface area contributed by atoms with Gasteiger partial charge in [0, 0.05) is 13.1 Å². The van der Waals surface area contributed by atoms with Crippen LogP contribution in [0.25, 0.3) is 0 Å². The maximum Gasteiger partial charge on any atom is 0.320 e. The number of nitrogens with zero attached hydrogens (tertiary/aromatic N) is 1. The molecule has 1 aliphatic rings. The average molecular weight is 290 g/mol. The number of carboxylic acids is 1. The average Bonchev–Trinajstić information content (AvgIpc) is 2.85. The van der Waals surface area contributed by atoms with Crippen molar-refractivity contribution in [1.29, 1.82) is 0 Å². The second kappa shape index (κ2) is 7.57. The molecule has 0 bridgehead atoms. The standard InChI is InChI=1S/C17H26N2O2/c1-3-18-16(17(20)21)10-15-7-8-19(12-15)11-14-6-4-5-13(2)9-14/h4-6,9,15-16,18H,3,7-8,10-12H2,1-2H3,(H,20,21). The normalized spacial score (nSPS) is 20.6. The van der Waals surface area contributed by atoms with Crippen molar-refractivity contribution in [3.05, 3.63) is 35.4 Å². The molecule has 0 spiro atoms. The highest BCUT2D eigenvalue weighted by atomic mass is 16.4. The van der Waals surface area contributed by atoms with Crippen LogP contribution in [0.3, 0.4) is 0 Å². The summed E-state index contributed by atoms with van der Waals surface area (Å²) in [7, 11) is 0. The van der Waals surface area contributed by atoms with E-state index in [9.17, 15) is 9.90 Å². The highest BCUT2D eigenvalue weighted by Gasteiger charge is 2.27. The first-order chi connectivity index (χ1) is 10.1. The number of carboxylic acid groups (broad SMARTS) is 1. The van der Waals surface area contributed by atoms with E-state index in [1.807, 2.05) is 6.92 Å². The van der Waals surface area contributed by atoms with Gasteiger partial charge in [0.2, 0.25) is 0 Å². The number of hydrogen-bond acceptors (Lipinski definition) is 3. The number of aliphatic carboxylic acids is 1. The molecule has 4 nitrogen and oxygen atoms in total. The Morgan fingerprint density at radius 1 is 1.52 bits per heavy atom. The van der Waals surface area contributed by atoms with Crippen molar-refractivity contribution in [2.75, 3.05) is 19.6 Å². The van der Waals surface area contributed by atoms with Gasteiger partial charge in [0.25, 0.3) is 0 Å². The van der Waals surface area contributed by atoms with E-state index in [1.165, 1.54) is 11.1 Å². The maximum atomic E-state index is 11.2. The van der Waals surface area contributed by atoms with Crippen molar-refractivity contribution >= 4 is 5.97 Å². The molecule has 0 aromatic heterocycles. The summed E-state index contributed by atoms with van der Waals surface area (Å²) in [5.74, 6) is -0.246. The topological polar surface area (TPSA) is 52.6 Å². The Morgan fingerprint density at radius 3 is 3.00 bits per heavy atom. The van der Waals surface area contributed by atoms with Crippen LogP contribution in [0.1, 0.15) is 30.9 Å². The second-order valence-electron chi connectivity index (χ2n) is 6.06. The lowest BCUT2D eigenvalue weighted by Crippen LogP contribution is -2.38. The lowest BCUT2D eigenvalue weighted by Gasteiger charge is -2.19. The molecule has 2 rings (SSSR count). The minimum Gasteiger partial charge on any atom is -0.480 e. The highest BCUT2D eigenvalue weighted by molar-refractivity contribution is 5.73. The minimum absolute atomic E-state index is 0.404. The van der Waals surface area contributed by atoms with Crippen LogP contribution >= 0.6 is 0 Å². The molecule has 0 radical (unpaired) electrons. The zero-order valence-corrected chi connectivity index (χ0v) is 13.0. The van der Waals surface area contributed by atoms with Crippen LogP contribution in [-0.2, 0) is 11.3 Å². The Hall–Kier alpha value is -1.39. The molecule has 1 fully saturated rings. The van der Waals surface area contributed by atoms with E-state index in [4.69, 9.17) is 0 Å². The molecule has 0 amide bonds. The van der Waals surface area contributed by atoms with Gasteiger partial charge in [-0.2, -0.15) is 0 Å². The van der Waals surface area contributed by atoms with Gasteiger partial charge in [-0.3, -0.25) is 9.69 Å². The van der Waals surface area contributed by atoms with Crippen LogP contribution in [0, 0.1) is 12.8 Å². The lowest BCUT2D eigenvalue weighted by molar-refractivity contribution is -0.139. The molecule has 1 aromatic rings. The van der Waals surface area contributed by atoms with Gasteiger partial charge in [-0.05, 0) is 44.3 Å². The molecule has 2 atom stereocenters. The molecule has 21 heavy (non-hydrogen) atoms. The number of hydrogen-bond donors (Lipinski definition) is 2. The van der Waals surface area contributed by atoms with Gasteiger partial charge in [0.15, 0.2) is 0 Å². The van der Waals surface area contributed by atoms with Crippen LogP contribution in [0.2, 0.25) is 0 Å². The van der Waals surface area contributed by atoms with Crippen molar-refractivity contribution in [3.8, 4) is 0 Å². The summed E-state index contributed by atoms with van der Waals surface area (Å²) in [5, 5.41) is 12.3. The zero-order chi connectivity index (χ0) is 15.2. The number of carbonyl (C=O) groups is 1. The summed E-state index contributed by atoms with van der Waals surface area (Å²) < 4.78 is 0. The van der Waals surface area contributed by atoms with Gasteiger partial charge in [0.05, 0.1) is 0 Å². The summed E-state index contributed by atoms with van der Waals surface area (Å²) in [5.41, 5.74) is 2.64. The van der Waals surface area contributed by atoms with Gasteiger partial charge >= 0.3 is 5.97 Å². The predicted molar refractivity (Wildman–Crippen MR) is 84.3 cm³/mol. The van der Waals surface area contributed by atoms with Crippen molar-refractivity contribution < 1.29 is 9.90 Å². The SMILES string of the molecule is CCNC(CC1CCN(Cc2cccc(C)c2)C1)C(=O)O. The number of likely N-dealkylation sites (N-methyl/N-ethyl adjacent to an activating group) is 1. The first kappa shape index (κ1) is 16.0. The third-order valence-electron chi connectivity index (χ3n) is 4.18. The first-order valence-corrected chi connectivity index (χ1v) is 7.82. The predicted octanol–water partition coefficient (Wildman–Crippen LogP) is 2.27. The number of nitrogens with one attached hydrogen (secondary N) is 1. The molecule has 0 aliphatic carbocycles. The molecule has 4 heteroatoms. The van der Waals surface area contributed by atoms with E-state index in [0.717, 1.165) is 32.5 Å². The highest BCUT2D eigenvalue weighted by Crippen LogP contribution is 2.23.